The molecule has 1 aliphatic carbocycles. The van der Waals surface area contributed by atoms with Crippen LogP contribution < -0.4 is 31.9 Å². The van der Waals surface area contributed by atoms with Crippen LogP contribution in [0.15, 0.2) is 62.9 Å². The first-order valence-corrected chi connectivity index (χ1v) is 13.3. The molecule has 2 fully saturated rings. The molecule has 1 N–H and O–H groups in total. The van der Waals surface area contributed by atoms with Gasteiger partial charge in [0.25, 0.3) is 11.1 Å². The van der Waals surface area contributed by atoms with Crippen LogP contribution in [-0.2, 0) is 11.8 Å². The van der Waals surface area contributed by atoms with E-state index in [9.17, 15) is 14.4 Å². The molecule has 6 rings (SSSR count). The van der Waals surface area contributed by atoms with Gasteiger partial charge in [-0.15, -0.1) is 0 Å². The van der Waals surface area contributed by atoms with Crippen LogP contribution in [0, 0.1) is 5.82 Å². The lowest BCUT2D eigenvalue weighted by atomic mass is 10.2. The molecule has 2 aromatic heterocycles. The molecule has 0 bridgehead atoms. The maximum absolute atomic E-state index is 15.1. The summed E-state index contributed by atoms with van der Waals surface area (Å²) in [7, 11) is 5.15. The Morgan fingerprint density at radius 3 is 2.35 bits per heavy atom. The Morgan fingerprint density at radius 1 is 0.950 bits per heavy atom. The van der Waals surface area contributed by atoms with E-state index in [1.807, 2.05) is 32.3 Å². The molecule has 1 saturated carbocycles. The number of nitrogens with one attached hydrogen (secondary N) is 1. The Morgan fingerprint density at radius 2 is 1.68 bits per heavy atom. The second-order valence-electron chi connectivity index (χ2n) is 10.5. The Hall–Kier alpha value is -4.38. The Labute approximate surface area is 229 Å². The molecule has 1 saturated heterocycles. The normalized spacial score (nSPS) is 15.4. The van der Waals surface area contributed by atoms with Crippen molar-refractivity contribution in [3.05, 3.63) is 85.5 Å². The highest BCUT2D eigenvalue weighted by molar-refractivity contribution is 5.91. The molecular weight excluding hydrogens is 515 g/mol. The lowest BCUT2D eigenvalue weighted by Crippen LogP contribution is -2.41. The lowest BCUT2D eigenvalue weighted by Gasteiger charge is -2.29. The summed E-state index contributed by atoms with van der Waals surface area (Å²) in [6.45, 7) is 2.64. The highest BCUT2D eigenvalue weighted by atomic mass is 19.1. The molecule has 11 heteroatoms. The number of rotatable bonds is 6. The third-order valence-electron chi connectivity index (χ3n) is 7.57. The minimum atomic E-state index is -0.533. The SMILES string of the molecule is CN(C)c1ccc(Nc2cc(=O)n(C)c3c2c(=O)n(C2CC2)c(=O)n3-c2cccc(N3CCOCC3)c2)c(F)c1. The van der Waals surface area contributed by atoms with Crippen LogP contribution in [0.25, 0.3) is 16.7 Å². The number of halogens is 1. The zero-order valence-corrected chi connectivity index (χ0v) is 22.7. The second kappa shape index (κ2) is 9.98. The van der Waals surface area contributed by atoms with Crippen LogP contribution in [-0.4, -0.2) is 54.1 Å². The second-order valence-corrected chi connectivity index (χ2v) is 10.5. The van der Waals surface area contributed by atoms with E-state index in [1.54, 1.807) is 23.1 Å². The topological polar surface area (TPSA) is 93.7 Å². The number of benzene rings is 2. The molecule has 4 aromatic rings. The van der Waals surface area contributed by atoms with Crippen molar-refractivity contribution in [3.63, 3.8) is 0 Å². The largest absolute Gasteiger partial charge is 0.378 e. The molecule has 208 valence electrons. The van der Waals surface area contributed by atoms with Crippen LogP contribution in [0.5, 0.6) is 0 Å². The Balaban J connectivity index is 1.60. The van der Waals surface area contributed by atoms with Gasteiger partial charge in [-0.05, 0) is 49.2 Å². The molecule has 2 aromatic carbocycles. The van der Waals surface area contributed by atoms with Crippen molar-refractivity contribution >= 4 is 33.8 Å². The van der Waals surface area contributed by atoms with Crippen LogP contribution in [0.2, 0.25) is 0 Å². The van der Waals surface area contributed by atoms with Crippen molar-refractivity contribution in [1.82, 2.24) is 13.7 Å². The van der Waals surface area contributed by atoms with E-state index in [0.29, 0.717) is 50.5 Å². The summed E-state index contributed by atoms with van der Waals surface area (Å²) < 4.78 is 24.6. The molecule has 0 unspecified atom stereocenters. The minimum Gasteiger partial charge on any atom is -0.378 e. The lowest BCUT2D eigenvalue weighted by molar-refractivity contribution is 0.122. The van der Waals surface area contributed by atoms with Crippen molar-refractivity contribution in [2.45, 2.75) is 18.9 Å². The molecule has 10 nitrogen and oxygen atoms in total. The van der Waals surface area contributed by atoms with E-state index in [0.717, 1.165) is 5.69 Å². The van der Waals surface area contributed by atoms with Gasteiger partial charge in [-0.2, -0.15) is 0 Å². The minimum absolute atomic E-state index is 0.115. The van der Waals surface area contributed by atoms with Crippen molar-refractivity contribution in [2.24, 2.45) is 7.05 Å². The van der Waals surface area contributed by atoms with Gasteiger partial charge in [-0.1, -0.05) is 6.07 Å². The van der Waals surface area contributed by atoms with Crippen LogP contribution in [0.3, 0.4) is 0 Å². The van der Waals surface area contributed by atoms with Gasteiger partial charge in [0.05, 0.1) is 30.3 Å². The van der Waals surface area contributed by atoms with Gasteiger partial charge in [0.2, 0.25) is 0 Å². The number of fused-ring (bicyclic) bond motifs is 1. The fourth-order valence-electron chi connectivity index (χ4n) is 5.23. The van der Waals surface area contributed by atoms with E-state index in [-0.39, 0.29) is 28.5 Å². The van der Waals surface area contributed by atoms with Gasteiger partial charge >= 0.3 is 5.69 Å². The maximum atomic E-state index is 15.1. The number of aryl methyl sites for hydroxylation is 1. The van der Waals surface area contributed by atoms with Gasteiger partial charge < -0.3 is 19.9 Å². The Bertz CT molecular complexity index is 1800. The number of hydrogen-bond donors (Lipinski definition) is 1. The third-order valence-corrected chi connectivity index (χ3v) is 7.57. The summed E-state index contributed by atoms with van der Waals surface area (Å²) in [5.74, 6) is -0.533. The maximum Gasteiger partial charge on any atom is 0.337 e. The van der Waals surface area contributed by atoms with Gasteiger partial charge in [-0.25, -0.2) is 13.8 Å². The zero-order valence-electron chi connectivity index (χ0n) is 22.7. The highest BCUT2D eigenvalue weighted by Crippen LogP contribution is 2.34. The number of hydrogen-bond acceptors (Lipinski definition) is 7. The van der Waals surface area contributed by atoms with Gasteiger partial charge in [-0.3, -0.25) is 18.7 Å². The average molecular weight is 547 g/mol. The summed E-state index contributed by atoms with van der Waals surface area (Å²) in [5, 5.41) is 3.12. The van der Waals surface area contributed by atoms with Gasteiger partial charge in [0.1, 0.15) is 16.9 Å². The third kappa shape index (κ3) is 4.45. The van der Waals surface area contributed by atoms with Crippen molar-refractivity contribution in [3.8, 4) is 5.69 Å². The molecular formula is C29H31FN6O4. The predicted octanol–water partition coefficient (Wildman–Crippen LogP) is 2.97. The summed E-state index contributed by atoms with van der Waals surface area (Å²) >= 11 is 0. The Kier molecular flexibility index (Phi) is 6.46. The zero-order chi connectivity index (χ0) is 28.1. The van der Waals surface area contributed by atoms with Crippen molar-refractivity contribution < 1.29 is 9.13 Å². The quantitative estimate of drug-likeness (QED) is 0.398. The summed E-state index contributed by atoms with van der Waals surface area (Å²) in [6.07, 6.45) is 1.42. The van der Waals surface area contributed by atoms with Gasteiger partial charge in [0.15, 0.2) is 0 Å². The number of nitrogens with zero attached hydrogens (tertiary/aromatic N) is 5. The summed E-state index contributed by atoms with van der Waals surface area (Å²) in [5.41, 5.74) is 1.06. The smallest absolute Gasteiger partial charge is 0.337 e. The molecule has 2 aliphatic rings. The molecule has 0 radical (unpaired) electrons. The van der Waals surface area contributed by atoms with E-state index in [2.05, 4.69) is 10.2 Å². The molecule has 40 heavy (non-hydrogen) atoms. The van der Waals surface area contributed by atoms with E-state index in [1.165, 1.54) is 32.9 Å². The first kappa shape index (κ1) is 25.9. The van der Waals surface area contributed by atoms with E-state index >= 15 is 4.39 Å². The molecule has 0 atom stereocenters. The first-order chi connectivity index (χ1) is 19.2. The fraction of sp³-hybridized carbons (Fsp3) is 0.345. The average Bonchev–Trinajstić information content (AvgIpc) is 3.78. The molecule has 0 amide bonds. The standard InChI is InChI=1S/C29H31FN6O4/c1-32(2)19-9-10-23(22(30)16-19)31-24-17-25(37)33(3)27-26(24)28(38)36(18-7-8-18)29(39)35(27)21-6-4-5-20(15-21)34-11-13-40-14-12-34/h4-6,9-10,15-18,31H,7-8,11-14H2,1-3H3. The first-order valence-electron chi connectivity index (χ1n) is 13.3. The number of aromatic nitrogens is 3. The highest BCUT2D eigenvalue weighted by Gasteiger charge is 2.31. The molecule has 3 heterocycles. The van der Waals surface area contributed by atoms with Crippen LogP contribution >= 0.6 is 0 Å². The van der Waals surface area contributed by atoms with Crippen molar-refractivity contribution in [2.75, 3.05) is 55.5 Å². The van der Waals surface area contributed by atoms with Gasteiger partial charge in [0, 0.05) is 57.7 Å². The summed E-state index contributed by atoms with van der Waals surface area (Å²) in [6, 6.07) is 13.2. The molecule has 0 spiro atoms. The van der Waals surface area contributed by atoms with E-state index < -0.39 is 22.6 Å². The number of morpholine rings is 1. The molecule has 1 aliphatic heterocycles. The number of anilines is 4. The van der Waals surface area contributed by atoms with Crippen LogP contribution in [0.4, 0.5) is 27.1 Å². The summed E-state index contributed by atoms with van der Waals surface area (Å²) in [4.78, 5) is 45.0. The number of ether oxygens (including phenoxy) is 1. The monoisotopic (exact) mass is 546 g/mol. The fourth-order valence-corrected chi connectivity index (χ4v) is 5.23. The van der Waals surface area contributed by atoms with Crippen LogP contribution in [0.1, 0.15) is 18.9 Å². The predicted molar refractivity (Wildman–Crippen MR) is 154 cm³/mol. The number of pyridine rings is 1. The van der Waals surface area contributed by atoms with E-state index in [4.69, 9.17) is 4.74 Å². The van der Waals surface area contributed by atoms with Crippen molar-refractivity contribution in [1.29, 1.82) is 0 Å².